The van der Waals surface area contributed by atoms with Gasteiger partial charge in [0.1, 0.15) is 5.75 Å². The van der Waals surface area contributed by atoms with Crippen LogP contribution in [0.3, 0.4) is 0 Å². The summed E-state index contributed by atoms with van der Waals surface area (Å²) in [4.78, 5) is 13.0. The Morgan fingerprint density at radius 3 is 2.45 bits per heavy atom. The van der Waals surface area contributed by atoms with Gasteiger partial charge in [-0.05, 0) is 63.2 Å². The van der Waals surface area contributed by atoms with Crippen molar-refractivity contribution in [2.75, 3.05) is 20.2 Å². The number of carbonyl (C=O) groups excluding carboxylic acids is 1. The molecule has 6 nitrogen and oxygen atoms in total. The summed E-state index contributed by atoms with van der Waals surface area (Å²) in [6.45, 7) is 3.34. The van der Waals surface area contributed by atoms with Crippen LogP contribution in [-0.2, 0) is 14.6 Å². The van der Waals surface area contributed by atoms with E-state index in [9.17, 15) is 13.2 Å². The number of hydrogen-bond donors (Lipinski definition) is 2. The van der Waals surface area contributed by atoms with Crippen LogP contribution in [0.15, 0.2) is 47.4 Å². The van der Waals surface area contributed by atoms with E-state index in [4.69, 9.17) is 16.3 Å². The molecular weight excluding hydrogens is 412 g/mol. The molecule has 1 aliphatic rings. The molecule has 2 N–H and O–H groups in total. The van der Waals surface area contributed by atoms with E-state index >= 15 is 0 Å². The van der Waals surface area contributed by atoms with Gasteiger partial charge in [-0.15, -0.1) is 0 Å². The first-order chi connectivity index (χ1) is 13.8. The van der Waals surface area contributed by atoms with Crippen LogP contribution in [0.5, 0.6) is 5.75 Å². The number of rotatable bonds is 6. The quantitative estimate of drug-likeness (QED) is 0.726. The van der Waals surface area contributed by atoms with Crippen molar-refractivity contribution in [2.24, 2.45) is 5.92 Å². The number of amides is 1. The molecule has 1 saturated heterocycles. The average molecular weight is 437 g/mol. The third kappa shape index (κ3) is 4.91. The van der Waals surface area contributed by atoms with Crippen molar-refractivity contribution in [3.8, 4) is 5.75 Å². The van der Waals surface area contributed by atoms with Gasteiger partial charge in [0.2, 0.25) is 15.7 Å². The predicted octanol–water partition coefficient (Wildman–Crippen LogP) is 3.25. The van der Waals surface area contributed by atoms with Gasteiger partial charge in [0, 0.05) is 16.5 Å². The Morgan fingerprint density at radius 1 is 1.17 bits per heavy atom. The lowest BCUT2D eigenvalue weighted by Gasteiger charge is -2.26. The highest BCUT2D eigenvalue weighted by Crippen LogP contribution is 2.35. The van der Waals surface area contributed by atoms with E-state index in [0.29, 0.717) is 29.2 Å². The minimum atomic E-state index is -3.94. The fourth-order valence-electron chi connectivity index (χ4n) is 3.43. The Morgan fingerprint density at radius 2 is 1.83 bits per heavy atom. The average Bonchev–Trinajstić information content (AvgIpc) is 2.72. The summed E-state index contributed by atoms with van der Waals surface area (Å²) in [6.07, 6.45) is 1.33. The van der Waals surface area contributed by atoms with Crippen LogP contribution >= 0.6 is 11.6 Å². The summed E-state index contributed by atoms with van der Waals surface area (Å²) < 4.78 is 32.4. The van der Waals surface area contributed by atoms with Gasteiger partial charge in [-0.3, -0.25) is 4.79 Å². The van der Waals surface area contributed by atoms with Crippen LogP contribution in [0.1, 0.15) is 29.3 Å². The standard InChI is InChI=1S/C21H25ClN2O4S/c1-14-3-6-17(7-4-14)29(26,27)21(18-13-16(22)5-8-19(18)28-2)24-20(25)15-9-11-23-12-10-15/h3-8,13,15,21,23H,9-12H2,1-2H3,(H,24,25). The molecule has 2 aromatic rings. The van der Waals surface area contributed by atoms with E-state index in [0.717, 1.165) is 18.7 Å². The second kappa shape index (κ2) is 9.15. The van der Waals surface area contributed by atoms with E-state index < -0.39 is 15.2 Å². The molecule has 1 amide bonds. The Hall–Kier alpha value is -2.09. The molecule has 0 aromatic heterocycles. The SMILES string of the molecule is COc1ccc(Cl)cc1C(NC(=O)C1CCNCC1)S(=O)(=O)c1ccc(C)cc1. The van der Waals surface area contributed by atoms with Gasteiger partial charge in [-0.1, -0.05) is 29.3 Å². The fraction of sp³-hybridized carbons (Fsp3) is 0.381. The molecule has 0 radical (unpaired) electrons. The number of halogens is 1. The fourth-order valence-corrected chi connectivity index (χ4v) is 5.19. The van der Waals surface area contributed by atoms with E-state index in [1.165, 1.54) is 13.2 Å². The molecule has 29 heavy (non-hydrogen) atoms. The number of ether oxygens (including phenoxy) is 1. The van der Waals surface area contributed by atoms with Gasteiger partial charge in [-0.25, -0.2) is 8.42 Å². The molecule has 1 fully saturated rings. The van der Waals surface area contributed by atoms with Crippen molar-refractivity contribution < 1.29 is 17.9 Å². The second-order valence-electron chi connectivity index (χ2n) is 7.16. The molecule has 1 unspecified atom stereocenters. The van der Waals surface area contributed by atoms with Crippen LogP contribution in [0.2, 0.25) is 5.02 Å². The zero-order chi connectivity index (χ0) is 21.0. The zero-order valence-corrected chi connectivity index (χ0v) is 18.0. The highest BCUT2D eigenvalue weighted by molar-refractivity contribution is 7.91. The van der Waals surface area contributed by atoms with Crippen LogP contribution in [-0.4, -0.2) is 34.5 Å². The number of sulfone groups is 1. The third-order valence-corrected chi connectivity index (χ3v) is 7.27. The van der Waals surface area contributed by atoms with Crippen LogP contribution in [0, 0.1) is 12.8 Å². The number of methoxy groups -OCH3 is 1. The van der Waals surface area contributed by atoms with Gasteiger partial charge in [0.25, 0.3) is 0 Å². The molecule has 8 heteroatoms. The lowest BCUT2D eigenvalue weighted by molar-refractivity contribution is -0.126. The third-order valence-electron chi connectivity index (χ3n) is 5.12. The van der Waals surface area contributed by atoms with Gasteiger partial charge in [-0.2, -0.15) is 0 Å². The summed E-state index contributed by atoms with van der Waals surface area (Å²) in [6, 6.07) is 11.3. The molecule has 1 atom stereocenters. The van der Waals surface area contributed by atoms with E-state index in [2.05, 4.69) is 10.6 Å². The van der Waals surface area contributed by atoms with Gasteiger partial charge >= 0.3 is 0 Å². The first-order valence-corrected chi connectivity index (χ1v) is 11.4. The van der Waals surface area contributed by atoms with Gasteiger partial charge in [0.15, 0.2) is 5.37 Å². The number of benzene rings is 2. The summed E-state index contributed by atoms with van der Waals surface area (Å²) >= 11 is 6.15. The van der Waals surface area contributed by atoms with E-state index in [1.807, 2.05) is 6.92 Å². The summed E-state index contributed by atoms with van der Waals surface area (Å²) in [5, 5.41) is 5.03. The van der Waals surface area contributed by atoms with E-state index in [1.54, 1.807) is 36.4 Å². The lowest BCUT2D eigenvalue weighted by atomic mass is 9.97. The molecule has 0 bridgehead atoms. The summed E-state index contributed by atoms with van der Waals surface area (Å²) in [7, 11) is -2.48. The van der Waals surface area contributed by atoms with E-state index in [-0.39, 0.29) is 16.7 Å². The number of piperidine rings is 1. The summed E-state index contributed by atoms with van der Waals surface area (Å²) in [5.74, 6) is -0.174. The molecule has 156 valence electrons. The van der Waals surface area contributed by atoms with Crippen LogP contribution < -0.4 is 15.4 Å². The minimum Gasteiger partial charge on any atom is -0.496 e. The monoisotopic (exact) mass is 436 g/mol. The highest BCUT2D eigenvalue weighted by atomic mass is 35.5. The summed E-state index contributed by atoms with van der Waals surface area (Å²) in [5.41, 5.74) is 1.25. The number of aryl methyl sites for hydroxylation is 1. The zero-order valence-electron chi connectivity index (χ0n) is 16.4. The van der Waals surface area contributed by atoms with Crippen molar-refractivity contribution in [1.29, 1.82) is 0 Å². The Balaban J connectivity index is 2.05. The number of nitrogens with one attached hydrogen (secondary N) is 2. The van der Waals surface area contributed by atoms with Crippen molar-refractivity contribution >= 4 is 27.3 Å². The largest absolute Gasteiger partial charge is 0.496 e. The maximum Gasteiger partial charge on any atom is 0.224 e. The number of hydrogen-bond acceptors (Lipinski definition) is 5. The van der Waals surface area contributed by atoms with Crippen molar-refractivity contribution in [3.05, 3.63) is 58.6 Å². The first-order valence-electron chi connectivity index (χ1n) is 9.48. The molecule has 3 rings (SSSR count). The van der Waals surface area contributed by atoms with Crippen molar-refractivity contribution in [2.45, 2.75) is 30.0 Å². The van der Waals surface area contributed by atoms with Crippen LogP contribution in [0.25, 0.3) is 0 Å². The Kier molecular flexibility index (Phi) is 6.82. The minimum absolute atomic E-state index is 0.126. The van der Waals surface area contributed by atoms with Crippen LogP contribution in [0.4, 0.5) is 0 Å². The lowest BCUT2D eigenvalue weighted by Crippen LogP contribution is -2.41. The number of carbonyl (C=O) groups is 1. The Labute approximate surface area is 176 Å². The molecule has 0 saturated carbocycles. The second-order valence-corrected chi connectivity index (χ2v) is 9.63. The molecular formula is C21H25ClN2O4S. The highest BCUT2D eigenvalue weighted by Gasteiger charge is 2.35. The molecule has 0 spiro atoms. The maximum atomic E-state index is 13.5. The molecule has 1 heterocycles. The van der Waals surface area contributed by atoms with Crippen molar-refractivity contribution in [3.63, 3.8) is 0 Å². The van der Waals surface area contributed by atoms with Gasteiger partial charge < -0.3 is 15.4 Å². The van der Waals surface area contributed by atoms with Crippen molar-refractivity contribution in [1.82, 2.24) is 10.6 Å². The van der Waals surface area contributed by atoms with Gasteiger partial charge in [0.05, 0.1) is 12.0 Å². The topological polar surface area (TPSA) is 84.5 Å². The molecule has 0 aliphatic carbocycles. The molecule has 2 aromatic carbocycles. The Bertz CT molecular complexity index is 971. The molecule has 1 aliphatic heterocycles. The first kappa shape index (κ1) is 21.6. The predicted molar refractivity (Wildman–Crippen MR) is 113 cm³/mol. The smallest absolute Gasteiger partial charge is 0.224 e. The maximum absolute atomic E-state index is 13.5. The normalized spacial score (nSPS) is 16.2.